The molecular formula is C15H16BrNO2. The number of halogens is 1. The molecule has 100 valence electrons. The Hall–Kier alpha value is -1.52. The van der Waals surface area contributed by atoms with Gasteiger partial charge in [-0.05, 0) is 46.7 Å². The van der Waals surface area contributed by atoms with Gasteiger partial charge in [-0.1, -0.05) is 24.3 Å². The first-order chi connectivity index (χ1) is 9.20. The summed E-state index contributed by atoms with van der Waals surface area (Å²) in [4.78, 5) is 0. The van der Waals surface area contributed by atoms with Crippen LogP contribution in [-0.4, -0.2) is 12.2 Å². The van der Waals surface area contributed by atoms with E-state index in [4.69, 9.17) is 4.74 Å². The van der Waals surface area contributed by atoms with E-state index in [9.17, 15) is 5.11 Å². The fraction of sp³-hybridized carbons (Fsp3) is 0.200. The molecule has 0 fully saturated rings. The molecule has 0 unspecified atom stereocenters. The van der Waals surface area contributed by atoms with Crippen molar-refractivity contribution in [1.29, 1.82) is 0 Å². The van der Waals surface area contributed by atoms with Crippen LogP contribution in [0, 0.1) is 0 Å². The van der Waals surface area contributed by atoms with Gasteiger partial charge in [0.15, 0.2) is 0 Å². The highest BCUT2D eigenvalue weighted by atomic mass is 79.9. The third-order valence-corrected chi connectivity index (χ3v) is 3.33. The van der Waals surface area contributed by atoms with Crippen LogP contribution in [0.5, 0.6) is 11.5 Å². The number of phenolic OH excluding ortho intramolecular Hbond substituents is 1. The highest BCUT2D eigenvalue weighted by Crippen LogP contribution is 2.30. The van der Waals surface area contributed by atoms with Crippen LogP contribution in [0.1, 0.15) is 11.1 Å². The van der Waals surface area contributed by atoms with E-state index >= 15 is 0 Å². The minimum Gasteiger partial charge on any atom is -0.508 e. The van der Waals surface area contributed by atoms with Gasteiger partial charge in [-0.2, -0.15) is 0 Å². The maximum Gasteiger partial charge on any atom is 0.138 e. The monoisotopic (exact) mass is 321 g/mol. The second-order valence-corrected chi connectivity index (χ2v) is 5.07. The summed E-state index contributed by atoms with van der Waals surface area (Å²) in [6.45, 7) is 1.17. The highest BCUT2D eigenvalue weighted by Gasteiger charge is 2.07. The normalized spacial score (nSPS) is 10.4. The molecule has 4 heteroatoms. The van der Waals surface area contributed by atoms with Crippen molar-refractivity contribution < 1.29 is 9.84 Å². The predicted octanol–water partition coefficient (Wildman–Crippen LogP) is 3.45. The van der Waals surface area contributed by atoms with Crippen LogP contribution in [0.25, 0.3) is 0 Å². The minimum absolute atomic E-state index is 0.253. The molecule has 0 heterocycles. The van der Waals surface area contributed by atoms with Crippen LogP contribution >= 0.6 is 15.9 Å². The summed E-state index contributed by atoms with van der Waals surface area (Å²) in [5.41, 5.74) is 2.03. The molecule has 0 aliphatic carbocycles. The van der Waals surface area contributed by atoms with E-state index in [2.05, 4.69) is 21.2 Å². The first kappa shape index (κ1) is 13.9. The van der Waals surface area contributed by atoms with Gasteiger partial charge in [-0.3, -0.25) is 0 Å². The molecule has 2 aromatic rings. The van der Waals surface area contributed by atoms with Gasteiger partial charge in [-0.25, -0.2) is 0 Å². The van der Waals surface area contributed by atoms with Gasteiger partial charge in [0.1, 0.15) is 18.1 Å². The fourth-order valence-electron chi connectivity index (χ4n) is 1.85. The molecule has 0 atom stereocenters. The molecule has 2 aromatic carbocycles. The number of nitrogens with one attached hydrogen (secondary N) is 1. The lowest BCUT2D eigenvalue weighted by Crippen LogP contribution is -2.08. The van der Waals surface area contributed by atoms with E-state index in [1.807, 2.05) is 37.4 Å². The van der Waals surface area contributed by atoms with Gasteiger partial charge in [0.2, 0.25) is 0 Å². The Morgan fingerprint density at radius 2 is 2.00 bits per heavy atom. The Balaban J connectivity index is 2.14. The first-order valence-electron chi connectivity index (χ1n) is 6.03. The van der Waals surface area contributed by atoms with E-state index in [0.29, 0.717) is 6.61 Å². The van der Waals surface area contributed by atoms with Crippen LogP contribution in [0.3, 0.4) is 0 Å². The Labute approximate surface area is 121 Å². The third-order valence-electron chi connectivity index (χ3n) is 2.71. The van der Waals surface area contributed by atoms with Crippen molar-refractivity contribution in [3.05, 3.63) is 58.1 Å². The molecule has 0 amide bonds. The van der Waals surface area contributed by atoms with Crippen molar-refractivity contribution in [1.82, 2.24) is 5.32 Å². The molecule has 3 nitrogen and oxygen atoms in total. The Morgan fingerprint density at radius 1 is 1.21 bits per heavy atom. The number of rotatable bonds is 5. The van der Waals surface area contributed by atoms with Crippen molar-refractivity contribution in [2.75, 3.05) is 7.05 Å². The molecule has 0 aliphatic rings. The second-order valence-electron chi connectivity index (χ2n) is 4.22. The van der Waals surface area contributed by atoms with Crippen molar-refractivity contribution in [2.24, 2.45) is 0 Å². The maximum absolute atomic E-state index is 9.43. The summed E-state index contributed by atoms with van der Waals surface area (Å²) >= 11 is 3.50. The zero-order valence-electron chi connectivity index (χ0n) is 10.7. The largest absolute Gasteiger partial charge is 0.508 e. The predicted molar refractivity (Wildman–Crippen MR) is 79.3 cm³/mol. The van der Waals surface area contributed by atoms with E-state index in [1.165, 1.54) is 0 Å². The van der Waals surface area contributed by atoms with E-state index in [0.717, 1.165) is 27.9 Å². The number of hydrogen-bond acceptors (Lipinski definition) is 3. The number of ether oxygens (including phenoxy) is 1. The molecule has 19 heavy (non-hydrogen) atoms. The zero-order chi connectivity index (χ0) is 13.7. The molecular weight excluding hydrogens is 306 g/mol. The molecule has 0 bridgehead atoms. The van der Waals surface area contributed by atoms with Gasteiger partial charge in [0, 0.05) is 12.1 Å². The summed E-state index contributed by atoms with van der Waals surface area (Å²) < 4.78 is 6.79. The number of benzene rings is 2. The van der Waals surface area contributed by atoms with Gasteiger partial charge >= 0.3 is 0 Å². The van der Waals surface area contributed by atoms with Crippen LogP contribution < -0.4 is 10.1 Å². The van der Waals surface area contributed by atoms with Crippen LogP contribution in [0.2, 0.25) is 0 Å². The summed E-state index contributed by atoms with van der Waals surface area (Å²) in [5, 5.41) is 12.5. The number of phenols is 1. The van der Waals surface area contributed by atoms with Crippen LogP contribution in [0.15, 0.2) is 46.9 Å². The number of hydrogen-bond donors (Lipinski definition) is 2. The highest BCUT2D eigenvalue weighted by molar-refractivity contribution is 9.10. The number of aromatic hydroxyl groups is 1. The molecule has 0 radical (unpaired) electrons. The van der Waals surface area contributed by atoms with Crippen molar-refractivity contribution in [2.45, 2.75) is 13.2 Å². The topological polar surface area (TPSA) is 41.5 Å². The Bertz CT molecular complexity index is 558. The molecule has 2 rings (SSSR count). The summed E-state index contributed by atoms with van der Waals surface area (Å²) in [6.07, 6.45) is 0. The molecule has 0 saturated heterocycles. The minimum atomic E-state index is 0.253. The fourth-order valence-corrected chi connectivity index (χ4v) is 2.37. The van der Waals surface area contributed by atoms with E-state index < -0.39 is 0 Å². The number of para-hydroxylation sites is 1. The quantitative estimate of drug-likeness (QED) is 0.886. The van der Waals surface area contributed by atoms with Crippen molar-refractivity contribution >= 4 is 15.9 Å². The SMILES string of the molecule is CNCc1cccc(Br)c1OCc1cccc(O)c1. The average Bonchev–Trinajstić information content (AvgIpc) is 2.38. The molecule has 0 aliphatic heterocycles. The Kier molecular flexibility index (Phi) is 4.82. The van der Waals surface area contributed by atoms with Gasteiger partial charge < -0.3 is 15.2 Å². The lowest BCUT2D eigenvalue weighted by molar-refractivity contribution is 0.299. The lowest BCUT2D eigenvalue weighted by atomic mass is 10.2. The summed E-state index contributed by atoms with van der Waals surface area (Å²) in [5.74, 6) is 1.09. The van der Waals surface area contributed by atoms with E-state index in [1.54, 1.807) is 12.1 Å². The molecule has 0 spiro atoms. The lowest BCUT2D eigenvalue weighted by Gasteiger charge is -2.13. The van der Waals surface area contributed by atoms with Crippen LogP contribution in [-0.2, 0) is 13.2 Å². The molecule has 2 N–H and O–H groups in total. The van der Waals surface area contributed by atoms with Crippen molar-refractivity contribution in [3.63, 3.8) is 0 Å². The molecule has 0 aromatic heterocycles. The van der Waals surface area contributed by atoms with Gasteiger partial charge in [0.05, 0.1) is 4.47 Å². The van der Waals surface area contributed by atoms with Gasteiger partial charge in [0.25, 0.3) is 0 Å². The summed E-state index contributed by atoms with van der Waals surface area (Å²) in [7, 11) is 1.90. The zero-order valence-corrected chi connectivity index (χ0v) is 12.3. The molecule has 0 saturated carbocycles. The van der Waals surface area contributed by atoms with E-state index in [-0.39, 0.29) is 5.75 Å². The van der Waals surface area contributed by atoms with Crippen molar-refractivity contribution in [3.8, 4) is 11.5 Å². The third kappa shape index (κ3) is 3.72. The second kappa shape index (κ2) is 6.59. The Morgan fingerprint density at radius 3 is 2.74 bits per heavy atom. The van der Waals surface area contributed by atoms with Gasteiger partial charge in [-0.15, -0.1) is 0 Å². The smallest absolute Gasteiger partial charge is 0.138 e. The first-order valence-corrected chi connectivity index (χ1v) is 6.82. The average molecular weight is 322 g/mol. The summed E-state index contributed by atoms with van der Waals surface area (Å²) in [6, 6.07) is 13.0. The standard InChI is InChI=1S/C15H16BrNO2/c1-17-9-12-5-3-7-14(16)15(12)19-10-11-4-2-6-13(18)8-11/h2-8,17-18H,9-10H2,1H3. The maximum atomic E-state index is 9.43. The van der Waals surface area contributed by atoms with Crippen LogP contribution in [0.4, 0.5) is 0 Å².